The summed E-state index contributed by atoms with van der Waals surface area (Å²) in [5.41, 5.74) is 3.22. The van der Waals surface area contributed by atoms with Crippen LogP contribution in [0.15, 0.2) is 42.6 Å². The van der Waals surface area contributed by atoms with Gasteiger partial charge in [0.15, 0.2) is 5.82 Å². The fourth-order valence-electron chi connectivity index (χ4n) is 3.71. The number of para-hydroxylation sites is 2. The topological polar surface area (TPSA) is 58.9 Å². The number of aromatic nitrogens is 2. The van der Waals surface area contributed by atoms with Crippen LogP contribution < -0.4 is 10.2 Å². The van der Waals surface area contributed by atoms with E-state index in [1.54, 1.807) is 7.11 Å². The minimum atomic E-state index is 0.0753. The van der Waals surface area contributed by atoms with Gasteiger partial charge in [0.1, 0.15) is 0 Å². The molecule has 0 bridgehead atoms. The lowest BCUT2D eigenvalue weighted by atomic mass is 9.96. The lowest BCUT2D eigenvalue weighted by Gasteiger charge is -2.32. The zero-order valence-corrected chi connectivity index (χ0v) is 15.0. The number of anilines is 1. The van der Waals surface area contributed by atoms with E-state index in [9.17, 15) is 4.79 Å². The van der Waals surface area contributed by atoms with Crippen molar-refractivity contribution in [2.45, 2.75) is 12.8 Å². The maximum atomic E-state index is 12.3. The highest BCUT2D eigenvalue weighted by atomic mass is 16.5. The number of fused-ring (bicyclic) bond motifs is 3. The number of nitrogens with one attached hydrogen (secondary N) is 1. The van der Waals surface area contributed by atoms with E-state index in [4.69, 9.17) is 9.72 Å². The summed E-state index contributed by atoms with van der Waals surface area (Å²) in [4.78, 5) is 19.5. The molecule has 3 aromatic rings. The summed E-state index contributed by atoms with van der Waals surface area (Å²) < 4.78 is 7.18. The number of carbonyl (C=O) groups is 1. The van der Waals surface area contributed by atoms with Crippen LogP contribution in [0.1, 0.15) is 12.8 Å². The molecule has 26 heavy (non-hydrogen) atoms. The van der Waals surface area contributed by atoms with E-state index in [1.165, 1.54) is 0 Å². The standard InChI is InChI=1S/C20H24N4O2/c1-26-14-10-21-20(25)15-8-12-23(13-9-15)19-18-7-4-11-24(18)17-6-3-2-5-16(17)22-19/h2-7,11,15H,8-10,12-14H2,1H3,(H,21,25). The summed E-state index contributed by atoms with van der Waals surface area (Å²) in [7, 11) is 1.64. The van der Waals surface area contributed by atoms with Crippen molar-refractivity contribution in [3.05, 3.63) is 42.6 Å². The van der Waals surface area contributed by atoms with Gasteiger partial charge in [0.2, 0.25) is 5.91 Å². The average molecular weight is 352 g/mol. The first-order valence-electron chi connectivity index (χ1n) is 9.15. The van der Waals surface area contributed by atoms with Gasteiger partial charge in [0.25, 0.3) is 0 Å². The third kappa shape index (κ3) is 3.12. The normalized spacial score (nSPS) is 15.7. The predicted molar refractivity (Wildman–Crippen MR) is 103 cm³/mol. The van der Waals surface area contributed by atoms with Gasteiger partial charge in [-0.2, -0.15) is 0 Å². The SMILES string of the molecule is COCCNC(=O)C1CCN(c2nc3ccccc3n3cccc23)CC1. The number of methoxy groups -OCH3 is 1. The molecule has 2 aromatic heterocycles. The molecular weight excluding hydrogens is 328 g/mol. The maximum absolute atomic E-state index is 12.3. The van der Waals surface area contributed by atoms with Crippen molar-refractivity contribution in [2.24, 2.45) is 5.92 Å². The lowest BCUT2D eigenvalue weighted by molar-refractivity contribution is -0.125. The molecule has 1 aliphatic heterocycles. The van der Waals surface area contributed by atoms with E-state index in [1.807, 2.05) is 18.2 Å². The molecule has 1 aromatic carbocycles. The highest BCUT2D eigenvalue weighted by molar-refractivity contribution is 5.85. The molecule has 0 unspecified atom stereocenters. The minimum absolute atomic E-state index is 0.0753. The van der Waals surface area contributed by atoms with Crippen LogP contribution >= 0.6 is 0 Å². The van der Waals surface area contributed by atoms with Crippen LogP contribution in [-0.4, -0.2) is 48.6 Å². The number of carbonyl (C=O) groups excluding carboxylic acids is 1. The average Bonchev–Trinajstić information content (AvgIpc) is 3.18. The number of rotatable bonds is 5. The third-order valence-electron chi connectivity index (χ3n) is 5.12. The molecule has 3 heterocycles. The molecule has 0 spiro atoms. The van der Waals surface area contributed by atoms with E-state index in [0.29, 0.717) is 13.2 Å². The Bertz CT molecular complexity index is 912. The van der Waals surface area contributed by atoms with E-state index in [-0.39, 0.29) is 11.8 Å². The van der Waals surface area contributed by atoms with Crippen molar-refractivity contribution in [1.29, 1.82) is 0 Å². The van der Waals surface area contributed by atoms with Crippen LogP contribution in [0.5, 0.6) is 0 Å². The molecule has 1 amide bonds. The third-order valence-corrected chi connectivity index (χ3v) is 5.12. The van der Waals surface area contributed by atoms with Gasteiger partial charge in [-0.15, -0.1) is 0 Å². The second kappa shape index (κ2) is 7.33. The molecule has 1 saturated heterocycles. The maximum Gasteiger partial charge on any atom is 0.223 e. The highest BCUT2D eigenvalue weighted by Crippen LogP contribution is 2.28. The van der Waals surface area contributed by atoms with Gasteiger partial charge < -0.3 is 19.4 Å². The highest BCUT2D eigenvalue weighted by Gasteiger charge is 2.26. The van der Waals surface area contributed by atoms with E-state index in [2.05, 4.69) is 39.0 Å². The molecular formula is C20H24N4O2. The van der Waals surface area contributed by atoms with Crippen LogP contribution in [0.25, 0.3) is 16.6 Å². The summed E-state index contributed by atoms with van der Waals surface area (Å²) in [5.74, 6) is 1.22. The Balaban J connectivity index is 1.52. The van der Waals surface area contributed by atoms with Crippen LogP contribution in [0.3, 0.4) is 0 Å². The quantitative estimate of drug-likeness (QED) is 0.717. The van der Waals surface area contributed by atoms with Gasteiger partial charge in [0, 0.05) is 38.9 Å². The fraction of sp³-hybridized carbons (Fsp3) is 0.400. The molecule has 1 N–H and O–H groups in total. The first-order valence-corrected chi connectivity index (χ1v) is 9.15. The van der Waals surface area contributed by atoms with Gasteiger partial charge in [-0.05, 0) is 37.1 Å². The Morgan fingerprint density at radius 1 is 1.19 bits per heavy atom. The number of piperidine rings is 1. The largest absolute Gasteiger partial charge is 0.383 e. The summed E-state index contributed by atoms with van der Waals surface area (Å²) in [6.07, 6.45) is 3.78. The van der Waals surface area contributed by atoms with Crippen molar-refractivity contribution < 1.29 is 9.53 Å². The van der Waals surface area contributed by atoms with Crippen LogP contribution in [0, 0.1) is 5.92 Å². The number of hydrogen-bond acceptors (Lipinski definition) is 4. The molecule has 136 valence electrons. The summed E-state index contributed by atoms with van der Waals surface area (Å²) >= 11 is 0. The van der Waals surface area contributed by atoms with Gasteiger partial charge >= 0.3 is 0 Å². The molecule has 0 radical (unpaired) electrons. The fourth-order valence-corrected chi connectivity index (χ4v) is 3.71. The minimum Gasteiger partial charge on any atom is -0.383 e. The van der Waals surface area contributed by atoms with Crippen molar-refractivity contribution in [3.63, 3.8) is 0 Å². The Morgan fingerprint density at radius 3 is 2.77 bits per heavy atom. The predicted octanol–water partition coefficient (Wildman–Crippen LogP) is 2.47. The first-order chi connectivity index (χ1) is 12.8. The summed E-state index contributed by atoms with van der Waals surface area (Å²) in [5, 5.41) is 2.96. The molecule has 4 rings (SSSR count). The Morgan fingerprint density at radius 2 is 1.96 bits per heavy atom. The summed E-state index contributed by atoms with van der Waals surface area (Å²) in [6.45, 7) is 2.81. The van der Waals surface area contributed by atoms with Crippen molar-refractivity contribution >= 4 is 28.3 Å². The van der Waals surface area contributed by atoms with Crippen molar-refractivity contribution in [1.82, 2.24) is 14.7 Å². The van der Waals surface area contributed by atoms with Gasteiger partial charge in [0.05, 0.1) is 23.2 Å². The molecule has 6 nitrogen and oxygen atoms in total. The number of hydrogen-bond donors (Lipinski definition) is 1. The van der Waals surface area contributed by atoms with Gasteiger partial charge in [-0.25, -0.2) is 4.98 Å². The van der Waals surface area contributed by atoms with Gasteiger partial charge in [-0.3, -0.25) is 4.79 Å². The molecule has 6 heteroatoms. The number of amides is 1. The Labute approximate surface area is 152 Å². The second-order valence-electron chi connectivity index (χ2n) is 6.73. The molecule has 0 atom stereocenters. The molecule has 0 saturated carbocycles. The van der Waals surface area contributed by atoms with E-state index in [0.717, 1.165) is 48.3 Å². The van der Waals surface area contributed by atoms with Gasteiger partial charge in [-0.1, -0.05) is 12.1 Å². The van der Waals surface area contributed by atoms with Crippen molar-refractivity contribution in [2.75, 3.05) is 38.3 Å². The summed E-state index contributed by atoms with van der Waals surface area (Å²) in [6, 6.07) is 12.4. The first kappa shape index (κ1) is 16.8. The Hall–Kier alpha value is -2.60. The van der Waals surface area contributed by atoms with Crippen LogP contribution in [-0.2, 0) is 9.53 Å². The molecule has 1 fully saturated rings. The van der Waals surface area contributed by atoms with Crippen LogP contribution in [0.4, 0.5) is 5.82 Å². The molecule has 1 aliphatic rings. The smallest absolute Gasteiger partial charge is 0.223 e. The monoisotopic (exact) mass is 352 g/mol. The number of ether oxygens (including phenoxy) is 1. The zero-order chi connectivity index (χ0) is 17.9. The number of nitrogens with zero attached hydrogens (tertiary/aromatic N) is 3. The molecule has 0 aliphatic carbocycles. The lowest BCUT2D eigenvalue weighted by Crippen LogP contribution is -2.41. The van der Waals surface area contributed by atoms with E-state index < -0.39 is 0 Å². The second-order valence-corrected chi connectivity index (χ2v) is 6.73. The number of benzene rings is 1. The van der Waals surface area contributed by atoms with E-state index >= 15 is 0 Å². The van der Waals surface area contributed by atoms with Crippen LogP contribution in [0.2, 0.25) is 0 Å². The zero-order valence-electron chi connectivity index (χ0n) is 15.0. The van der Waals surface area contributed by atoms with Crippen molar-refractivity contribution in [3.8, 4) is 0 Å². The Kier molecular flexibility index (Phi) is 4.75.